The average molecular weight is 642 g/mol. The number of aldehydes is 1. The van der Waals surface area contributed by atoms with E-state index in [9.17, 15) is 9.90 Å². The molecule has 1 atom stereocenters. The van der Waals surface area contributed by atoms with Crippen LogP contribution in [0.25, 0.3) is 17.2 Å². The fourth-order valence-corrected chi connectivity index (χ4v) is 5.57. The first kappa shape index (κ1) is 34.0. The molecule has 0 saturated carbocycles. The smallest absolute Gasteiger partial charge is 0.143 e. The van der Waals surface area contributed by atoms with Crippen LogP contribution in [-0.2, 0) is 17.8 Å². The highest BCUT2D eigenvalue weighted by Crippen LogP contribution is 2.36. The summed E-state index contributed by atoms with van der Waals surface area (Å²) in [6, 6.07) is 38.5. The molecule has 0 fully saturated rings. The van der Waals surface area contributed by atoms with Crippen molar-refractivity contribution >= 4 is 29.4 Å². The van der Waals surface area contributed by atoms with Gasteiger partial charge in [-0.05, 0) is 71.6 Å². The lowest BCUT2D eigenvalue weighted by molar-refractivity contribution is -0.107. The molecule has 0 spiro atoms. The number of aliphatic hydroxyl groups excluding tert-OH is 1. The second-order valence-electron chi connectivity index (χ2n) is 11.3. The molecule has 0 bridgehead atoms. The molecule has 7 heteroatoms. The summed E-state index contributed by atoms with van der Waals surface area (Å²) < 4.78 is 11.7. The van der Waals surface area contributed by atoms with Crippen LogP contribution in [0.4, 0.5) is 17.1 Å². The topological polar surface area (TPSA) is 91.8 Å². The number of aliphatic hydroxyl groups is 1. The zero-order chi connectivity index (χ0) is 33.6. The third kappa shape index (κ3) is 9.12. The number of anilines is 3. The van der Waals surface area contributed by atoms with E-state index < -0.39 is 6.10 Å². The van der Waals surface area contributed by atoms with Crippen LogP contribution in [0.15, 0.2) is 121 Å². The van der Waals surface area contributed by atoms with Crippen molar-refractivity contribution < 1.29 is 19.4 Å². The normalized spacial score (nSPS) is 11.6. The quantitative estimate of drug-likeness (QED) is 0.0601. The molecule has 246 valence electrons. The Morgan fingerprint density at radius 3 is 2.23 bits per heavy atom. The Bertz CT molecular complexity index is 1770. The van der Waals surface area contributed by atoms with E-state index in [4.69, 9.17) is 9.47 Å². The average Bonchev–Trinajstić information content (AvgIpc) is 3.14. The highest BCUT2D eigenvalue weighted by molar-refractivity contribution is 5.77. The van der Waals surface area contributed by atoms with Crippen molar-refractivity contribution in [2.45, 2.75) is 25.6 Å². The minimum Gasteiger partial charge on any atom is -0.496 e. The van der Waals surface area contributed by atoms with Gasteiger partial charge in [0, 0.05) is 42.5 Å². The van der Waals surface area contributed by atoms with Gasteiger partial charge in [-0.2, -0.15) is 0 Å². The van der Waals surface area contributed by atoms with Gasteiger partial charge >= 0.3 is 0 Å². The van der Waals surface area contributed by atoms with Crippen molar-refractivity contribution in [1.82, 2.24) is 5.32 Å². The van der Waals surface area contributed by atoms with Crippen LogP contribution in [-0.4, -0.2) is 38.6 Å². The molecule has 0 amide bonds. The largest absolute Gasteiger partial charge is 0.496 e. The van der Waals surface area contributed by atoms with Crippen LogP contribution in [0.5, 0.6) is 11.5 Å². The Labute approximate surface area is 283 Å². The number of benzene rings is 5. The Hall–Kier alpha value is -5.37. The van der Waals surface area contributed by atoms with Gasteiger partial charge < -0.3 is 35.3 Å². The standard InChI is InChI=1S/C41H43N3O4/c1-42-41-36(15-9-10-26-45)35(21-23-40(41)48-29-31-11-5-3-6-12-31)38(46)28-43-25-24-30-16-18-33(19-17-30)44-34-20-22-39(47-2)37(27-34)32-13-7-4-8-14-32/h3-9,11-23,26-27,38,42-44,46H,10,24-25,28-29H2,1-2H3/b15-9-. The zero-order valence-electron chi connectivity index (χ0n) is 27.5. The van der Waals surface area contributed by atoms with Crippen molar-refractivity contribution in [2.24, 2.45) is 0 Å². The van der Waals surface area contributed by atoms with E-state index >= 15 is 0 Å². The third-order valence-corrected chi connectivity index (χ3v) is 8.06. The van der Waals surface area contributed by atoms with Crippen LogP contribution in [0.3, 0.4) is 0 Å². The molecule has 0 aliphatic rings. The van der Waals surface area contributed by atoms with E-state index in [1.54, 1.807) is 13.2 Å². The maximum absolute atomic E-state index is 11.2. The van der Waals surface area contributed by atoms with Gasteiger partial charge in [0.1, 0.15) is 24.4 Å². The Morgan fingerprint density at radius 2 is 1.52 bits per heavy atom. The molecule has 5 aromatic rings. The first-order chi connectivity index (χ1) is 23.6. The minimum atomic E-state index is -0.756. The zero-order valence-corrected chi connectivity index (χ0v) is 27.5. The summed E-state index contributed by atoms with van der Waals surface area (Å²) in [6.45, 7) is 1.50. The SMILES string of the molecule is CNc1c(OCc2ccccc2)ccc(C(O)CNCCc2ccc(Nc3ccc(OC)c(-c4ccccc4)c3)cc2)c1/C=C\CC=O. The first-order valence-corrected chi connectivity index (χ1v) is 16.2. The minimum absolute atomic E-state index is 0.287. The number of ether oxygens (including phenoxy) is 2. The molecule has 0 saturated heterocycles. The van der Waals surface area contributed by atoms with E-state index in [1.165, 1.54) is 5.56 Å². The van der Waals surface area contributed by atoms with E-state index in [0.29, 0.717) is 25.4 Å². The van der Waals surface area contributed by atoms with Gasteiger partial charge in [-0.25, -0.2) is 0 Å². The van der Waals surface area contributed by atoms with Crippen LogP contribution >= 0.6 is 0 Å². The number of hydrogen-bond donors (Lipinski definition) is 4. The molecule has 0 aromatic heterocycles. The molecule has 4 N–H and O–H groups in total. The van der Waals surface area contributed by atoms with E-state index in [2.05, 4.69) is 58.4 Å². The van der Waals surface area contributed by atoms with Gasteiger partial charge in [0.2, 0.25) is 0 Å². The predicted octanol–water partition coefficient (Wildman–Crippen LogP) is 8.19. The summed E-state index contributed by atoms with van der Waals surface area (Å²) in [5, 5.41) is 21.4. The molecular weight excluding hydrogens is 598 g/mol. The number of nitrogens with one attached hydrogen (secondary N) is 3. The van der Waals surface area contributed by atoms with Crippen LogP contribution in [0, 0.1) is 0 Å². The second kappa shape index (κ2) is 17.5. The Morgan fingerprint density at radius 1 is 0.812 bits per heavy atom. The highest BCUT2D eigenvalue weighted by Gasteiger charge is 2.18. The number of methoxy groups -OCH3 is 1. The third-order valence-electron chi connectivity index (χ3n) is 8.06. The molecule has 1 unspecified atom stereocenters. The maximum Gasteiger partial charge on any atom is 0.143 e. The van der Waals surface area contributed by atoms with Gasteiger partial charge in [0.25, 0.3) is 0 Å². The molecule has 0 radical (unpaired) electrons. The summed E-state index contributed by atoms with van der Waals surface area (Å²) >= 11 is 0. The van der Waals surface area contributed by atoms with Crippen molar-refractivity contribution in [2.75, 3.05) is 37.9 Å². The highest BCUT2D eigenvalue weighted by atomic mass is 16.5. The van der Waals surface area contributed by atoms with Crippen molar-refractivity contribution in [3.8, 4) is 22.6 Å². The molecular formula is C41H43N3O4. The lowest BCUT2D eigenvalue weighted by Crippen LogP contribution is -2.24. The van der Waals surface area contributed by atoms with E-state index in [-0.39, 0.29) is 6.42 Å². The fourth-order valence-electron chi connectivity index (χ4n) is 5.57. The Balaban J connectivity index is 1.18. The molecule has 5 rings (SSSR count). The molecule has 5 aromatic carbocycles. The van der Waals surface area contributed by atoms with Gasteiger partial charge in [-0.1, -0.05) is 91.0 Å². The first-order valence-electron chi connectivity index (χ1n) is 16.2. The molecule has 48 heavy (non-hydrogen) atoms. The summed E-state index contributed by atoms with van der Waals surface area (Å²) in [6.07, 6.45) is 4.87. The van der Waals surface area contributed by atoms with Crippen LogP contribution < -0.4 is 25.4 Å². The number of carbonyl (C=O) groups excluding carboxylic acids is 1. The lowest BCUT2D eigenvalue weighted by atomic mass is 9.98. The van der Waals surface area contributed by atoms with E-state index in [1.807, 2.05) is 85.9 Å². The number of rotatable bonds is 17. The van der Waals surface area contributed by atoms with Crippen LogP contribution in [0.2, 0.25) is 0 Å². The number of hydrogen-bond acceptors (Lipinski definition) is 7. The summed E-state index contributed by atoms with van der Waals surface area (Å²) in [5.41, 5.74) is 8.69. The second-order valence-corrected chi connectivity index (χ2v) is 11.3. The van der Waals surface area contributed by atoms with Crippen molar-refractivity contribution in [1.29, 1.82) is 0 Å². The summed E-state index contributed by atoms with van der Waals surface area (Å²) in [5.74, 6) is 1.51. The predicted molar refractivity (Wildman–Crippen MR) is 196 cm³/mol. The number of carbonyl (C=O) groups is 1. The maximum atomic E-state index is 11.2. The molecule has 0 aliphatic heterocycles. The monoisotopic (exact) mass is 641 g/mol. The van der Waals surface area contributed by atoms with Gasteiger partial charge in [0.15, 0.2) is 0 Å². The Kier molecular flexibility index (Phi) is 12.4. The fraction of sp³-hybridized carbons (Fsp3) is 0.195. The van der Waals surface area contributed by atoms with E-state index in [0.717, 1.165) is 63.3 Å². The molecule has 0 heterocycles. The van der Waals surface area contributed by atoms with Gasteiger partial charge in [-0.3, -0.25) is 0 Å². The summed E-state index contributed by atoms with van der Waals surface area (Å²) in [4.78, 5) is 11.0. The van der Waals surface area contributed by atoms with Crippen LogP contribution in [0.1, 0.15) is 34.8 Å². The molecule has 0 aliphatic carbocycles. The van der Waals surface area contributed by atoms with Crippen molar-refractivity contribution in [3.63, 3.8) is 0 Å². The lowest BCUT2D eigenvalue weighted by Gasteiger charge is -2.20. The summed E-state index contributed by atoms with van der Waals surface area (Å²) in [7, 11) is 3.52. The van der Waals surface area contributed by atoms with Gasteiger partial charge in [0.05, 0.1) is 18.9 Å². The molecule has 7 nitrogen and oxygen atoms in total. The van der Waals surface area contributed by atoms with Crippen molar-refractivity contribution in [3.05, 3.63) is 144 Å². The van der Waals surface area contributed by atoms with Gasteiger partial charge in [-0.15, -0.1) is 0 Å². The number of allylic oxidation sites excluding steroid dienone is 1.